The molecule has 83 heavy (non-hydrogen) atoms. The number of hydrogen-bond acceptors (Lipinski definition) is 9. The highest BCUT2D eigenvalue weighted by Gasteiger charge is 2.57. The van der Waals surface area contributed by atoms with Crippen LogP contribution in [0.1, 0.15) is 157 Å². The van der Waals surface area contributed by atoms with Crippen molar-refractivity contribution in [1.82, 2.24) is 0 Å². The summed E-state index contributed by atoms with van der Waals surface area (Å²) in [6, 6.07) is 46.0. The van der Waals surface area contributed by atoms with Crippen LogP contribution in [0.25, 0.3) is 60.3 Å². The van der Waals surface area contributed by atoms with Crippen LogP contribution in [0.4, 0.5) is 17.1 Å². The lowest BCUT2D eigenvalue weighted by atomic mass is 9.64. The van der Waals surface area contributed by atoms with E-state index >= 15 is 0 Å². The van der Waals surface area contributed by atoms with Gasteiger partial charge in [-0.05, 0) is 159 Å². The van der Waals surface area contributed by atoms with Gasteiger partial charge in [-0.1, -0.05) is 159 Å². The maximum absolute atomic E-state index is 12.0. The van der Waals surface area contributed by atoms with E-state index in [0.717, 1.165) is 126 Å². The monoisotopic (exact) mass is 1140 g/mol. The topological polar surface area (TPSA) is 101 Å². The van der Waals surface area contributed by atoms with Crippen LogP contribution in [0, 0.1) is 11.3 Å². The molecule has 13 rings (SSSR count). The molecule has 0 unspecified atom stereocenters. The number of aliphatic carboxylic acids is 1. The summed E-state index contributed by atoms with van der Waals surface area (Å²) in [5.41, 5.74) is 22.3. The van der Waals surface area contributed by atoms with Gasteiger partial charge in [0.2, 0.25) is 0 Å². The molecule has 0 saturated heterocycles. The highest BCUT2D eigenvalue weighted by Crippen LogP contribution is 2.71. The van der Waals surface area contributed by atoms with Crippen molar-refractivity contribution in [3.8, 4) is 83.3 Å². The lowest BCUT2D eigenvalue weighted by molar-refractivity contribution is -0.132. The van der Waals surface area contributed by atoms with Crippen molar-refractivity contribution < 1.29 is 28.8 Å². The molecule has 8 aromatic rings. The first kappa shape index (κ1) is 54.7. The summed E-state index contributed by atoms with van der Waals surface area (Å²) in [7, 11) is 0. The Morgan fingerprint density at radius 2 is 0.976 bits per heavy atom. The molecular formula is C73H72N2O6S2. The number of carboxylic acid groups (broad SMARTS) is 1. The molecule has 0 bridgehead atoms. The second kappa shape index (κ2) is 21.9. The zero-order valence-electron chi connectivity index (χ0n) is 48.6. The van der Waals surface area contributed by atoms with Gasteiger partial charge in [0.25, 0.3) is 0 Å². The Hall–Kier alpha value is -7.58. The smallest absolute Gasteiger partial charge is 0.346 e. The molecular weight excluding hydrogens is 1060 g/mol. The molecule has 0 saturated carbocycles. The predicted octanol–water partition coefficient (Wildman–Crippen LogP) is 19.7. The third-order valence-corrected chi connectivity index (χ3v) is 20.7. The standard InChI is InChI=1S/C73H72N2O6S2/c1-7-31-71(32-8-2)55-20-16-14-18-52(55)60-62(71)59-51-17-13-15-19-54(51)72(33-9-3,34-10-4)63(59)61-53-30-29-50(42-56(53)73(35-11-5,36-12-6)64(60)61)75(48-25-21-45(22-26-48)68-65-57(44-82-68)78-37-38-79-65)49-27-23-46(24-28-49)69-67-66(80-39-40-81-67)58(83-69)41-47(43-74)70(76)77/h13-30,41-42,44H,7-12,31-40H2,1-6H3,(H,76,77)/b47-41+. The summed E-state index contributed by atoms with van der Waals surface area (Å²) in [5.74, 6) is 1.36. The summed E-state index contributed by atoms with van der Waals surface area (Å²) in [6.45, 7) is 16.2. The summed E-state index contributed by atoms with van der Waals surface area (Å²) in [5, 5.41) is 21.6. The fourth-order valence-corrected chi connectivity index (χ4v) is 18.1. The van der Waals surface area contributed by atoms with Gasteiger partial charge in [0, 0.05) is 38.7 Å². The van der Waals surface area contributed by atoms with Crippen molar-refractivity contribution in [2.75, 3.05) is 31.3 Å². The summed E-state index contributed by atoms with van der Waals surface area (Å²) >= 11 is 3.02. The fourth-order valence-electron chi connectivity index (χ4n) is 16.0. The van der Waals surface area contributed by atoms with E-state index in [-0.39, 0.29) is 21.8 Å². The summed E-state index contributed by atoms with van der Waals surface area (Å²) in [4.78, 5) is 16.8. The van der Waals surface area contributed by atoms with Crippen molar-refractivity contribution in [3.63, 3.8) is 0 Å². The first-order valence-corrected chi connectivity index (χ1v) is 32.1. The van der Waals surface area contributed by atoms with Crippen LogP contribution in [-0.2, 0) is 21.0 Å². The average molecular weight is 1140 g/mol. The SMILES string of the molecule is CCCC1(CCC)c2ccccc2-c2c1c1c(c3c2C(CCC)(CCC)c2cc(N(c4ccc(-c5scc6c5OCCO6)cc4)c4ccc(-c5sc(/C=C(\C#N)C(=O)O)c6c5OCCO6)cc4)ccc2-3)C(CCC)(CCC)c2ccccc2-1. The Bertz CT molecular complexity index is 3890. The Labute approximate surface area is 497 Å². The van der Waals surface area contributed by atoms with Crippen LogP contribution >= 0.6 is 22.7 Å². The molecule has 0 fully saturated rings. The van der Waals surface area contributed by atoms with E-state index in [4.69, 9.17) is 18.9 Å². The van der Waals surface area contributed by atoms with Gasteiger partial charge in [-0.25, -0.2) is 4.79 Å². The molecule has 3 aliphatic carbocycles. The van der Waals surface area contributed by atoms with Gasteiger partial charge in [-0.2, -0.15) is 5.26 Å². The first-order valence-electron chi connectivity index (χ1n) is 30.4. The molecule has 2 aromatic heterocycles. The fraction of sp³-hybridized carbons (Fsp3) is 0.342. The molecule has 0 radical (unpaired) electrons. The minimum atomic E-state index is -1.29. The van der Waals surface area contributed by atoms with E-state index in [0.29, 0.717) is 42.8 Å². The van der Waals surface area contributed by atoms with Crippen molar-refractivity contribution >= 4 is 51.8 Å². The van der Waals surface area contributed by atoms with Crippen molar-refractivity contribution in [2.45, 2.75) is 135 Å². The van der Waals surface area contributed by atoms with Crippen molar-refractivity contribution in [1.29, 1.82) is 5.26 Å². The molecule has 2 aliphatic heterocycles. The number of nitriles is 1. The first-order chi connectivity index (χ1) is 40.6. The quantitative estimate of drug-likeness (QED) is 0.0631. The second-order valence-electron chi connectivity index (χ2n) is 23.3. The van der Waals surface area contributed by atoms with Crippen LogP contribution in [0.2, 0.25) is 0 Å². The van der Waals surface area contributed by atoms with Crippen LogP contribution < -0.4 is 23.8 Å². The van der Waals surface area contributed by atoms with E-state index in [1.165, 1.54) is 61.9 Å². The number of nitrogens with zero attached hydrogens (tertiary/aromatic N) is 2. The van der Waals surface area contributed by atoms with Gasteiger partial charge in [0.15, 0.2) is 23.0 Å². The number of carboxylic acids is 1. The van der Waals surface area contributed by atoms with Crippen LogP contribution in [0.5, 0.6) is 23.0 Å². The van der Waals surface area contributed by atoms with Gasteiger partial charge in [0.05, 0.1) is 14.6 Å². The van der Waals surface area contributed by atoms with E-state index in [9.17, 15) is 15.2 Å². The Morgan fingerprint density at radius 1 is 0.542 bits per heavy atom. The number of hydrogen-bond donors (Lipinski definition) is 1. The largest absolute Gasteiger partial charge is 0.485 e. The highest BCUT2D eigenvalue weighted by atomic mass is 32.1. The second-order valence-corrected chi connectivity index (χ2v) is 25.3. The highest BCUT2D eigenvalue weighted by molar-refractivity contribution is 7.17. The number of thiophene rings is 2. The zero-order chi connectivity index (χ0) is 57.2. The normalized spacial score (nSPS) is 15.8. The van der Waals surface area contributed by atoms with E-state index in [1.54, 1.807) is 33.6 Å². The lowest BCUT2D eigenvalue weighted by Crippen LogP contribution is -2.30. The molecule has 8 nitrogen and oxygen atoms in total. The Balaban J connectivity index is 1.06. The molecule has 0 atom stereocenters. The molecule has 5 aliphatic rings. The molecule has 10 heteroatoms. The average Bonchev–Trinajstić information content (AvgIpc) is 1.51. The minimum absolute atomic E-state index is 0.116. The maximum atomic E-state index is 12.0. The van der Waals surface area contributed by atoms with Gasteiger partial charge in [-0.3, -0.25) is 0 Å². The molecule has 6 aromatic carbocycles. The van der Waals surface area contributed by atoms with Gasteiger partial charge < -0.3 is 29.0 Å². The van der Waals surface area contributed by atoms with Gasteiger partial charge >= 0.3 is 5.97 Å². The summed E-state index contributed by atoms with van der Waals surface area (Å²) < 4.78 is 24.5. The Morgan fingerprint density at radius 3 is 1.47 bits per heavy atom. The number of ether oxygens (including phenoxy) is 4. The van der Waals surface area contributed by atoms with Crippen LogP contribution in [-0.4, -0.2) is 37.5 Å². The summed E-state index contributed by atoms with van der Waals surface area (Å²) in [6.07, 6.45) is 14.4. The predicted molar refractivity (Wildman–Crippen MR) is 339 cm³/mol. The molecule has 4 heterocycles. The third kappa shape index (κ3) is 8.33. The van der Waals surface area contributed by atoms with Crippen LogP contribution in [0.3, 0.4) is 0 Å². The molecule has 0 amide bonds. The molecule has 1 N–H and O–H groups in total. The third-order valence-electron chi connectivity index (χ3n) is 18.6. The van der Waals surface area contributed by atoms with Crippen molar-refractivity contribution in [3.05, 3.63) is 164 Å². The van der Waals surface area contributed by atoms with Crippen LogP contribution in [0.15, 0.2) is 126 Å². The van der Waals surface area contributed by atoms with Gasteiger partial charge in [-0.15, -0.1) is 22.7 Å². The lowest BCUT2D eigenvalue weighted by Gasteiger charge is -2.39. The minimum Gasteiger partial charge on any atom is -0.485 e. The zero-order valence-corrected chi connectivity index (χ0v) is 50.3. The van der Waals surface area contributed by atoms with Gasteiger partial charge in [0.1, 0.15) is 38.1 Å². The molecule has 422 valence electrons. The number of anilines is 3. The van der Waals surface area contributed by atoms with E-state index in [1.807, 2.05) is 11.4 Å². The van der Waals surface area contributed by atoms with E-state index in [2.05, 4.69) is 162 Å². The maximum Gasteiger partial charge on any atom is 0.346 e. The van der Waals surface area contributed by atoms with Crippen molar-refractivity contribution in [2.24, 2.45) is 0 Å². The number of carbonyl (C=O) groups is 1. The number of fused-ring (bicyclic) bond motifs is 14. The molecule has 0 spiro atoms. The Kier molecular flexibility index (Phi) is 14.4. The number of benzene rings is 6. The van der Waals surface area contributed by atoms with E-state index < -0.39 is 5.97 Å². The number of rotatable bonds is 19.